The second-order valence-corrected chi connectivity index (χ2v) is 3.32. The predicted octanol–water partition coefficient (Wildman–Crippen LogP) is 1.55. The van der Waals surface area contributed by atoms with E-state index in [1.165, 1.54) is 12.4 Å². The van der Waals surface area contributed by atoms with Crippen molar-refractivity contribution in [1.29, 1.82) is 0 Å². The van der Waals surface area contributed by atoms with Crippen molar-refractivity contribution >= 4 is 5.97 Å². The largest absolute Gasteiger partial charge is 0.478 e. The first-order valence-electron chi connectivity index (χ1n) is 4.65. The van der Waals surface area contributed by atoms with Crippen molar-refractivity contribution in [2.75, 3.05) is 0 Å². The number of pyridine rings is 1. The van der Waals surface area contributed by atoms with Gasteiger partial charge in [0.25, 0.3) is 0 Å². The molecule has 2 rings (SSSR count). The third kappa shape index (κ3) is 2.03. The van der Waals surface area contributed by atoms with Gasteiger partial charge in [-0.1, -0.05) is 6.07 Å². The molecule has 5 nitrogen and oxygen atoms in total. The topological polar surface area (TPSA) is 76.0 Å². The Bertz CT molecular complexity index is 506. The maximum absolute atomic E-state index is 10.6. The molecule has 0 aromatic carbocycles. The zero-order valence-corrected chi connectivity index (χ0v) is 8.58. The van der Waals surface area contributed by atoms with Crippen molar-refractivity contribution in [1.82, 2.24) is 15.0 Å². The lowest BCUT2D eigenvalue weighted by Gasteiger charge is -1.99. The van der Waals surface area contributed by atoms with Crippen molar-refractivity contribution < 1.29 is 9.90 Å². The van der Waals surface area contributed by atoms with Gasteiger partial charge >= 0.3 is 5.97 Å². The van der Waals surface area contributed by atoms with Gasteiger partial charge in [-0.05, 0) is 18.6 Å². The Balaban J connectivity index is 2.34. The summed E-state index contributed by atoms with van der Waals surface area (Å²) in [7, 11) is 0. The molecule has 0 aliphatic heterocycles. The fourth-order valence-electron chi connectivity index (χ4n) is 1.17. The molecule has 0 aliphatic carbocycles. The Labute approximate surface area is 91.8 Å². The second-order valence-electron chi connectivity index (χ2n) is 3.32. The molecule has 2 aromatic rings. The molecule has 0 unspecified atom stereocenters. The molecule has 0 saturated carbocycles. The molecule has 0 amide bonds. The molecule has 0 spiro atoms. The van der Waals surface area contributed by atoms with Crippen LogP contribution in [0.25, 0.3) is 11.5 Å². The Morgan fingerprint density at radius 1 is 1.12 bits per heavy atom. The standard InChI is InChI=1S/C11H9N3O2/c1-7-2-3-9(12-4-7)10-13-5-8(6-14-10)11(15)16/h2-6H,1H3,(H,15,16). The number of hydrogen-bond donors (Lipinski definition) is 1. The first kappa shape index (κ1) is 10.2. The molecule has 0 bridgehead atoms. The maximum atomic E-state index is 10.6. The third-order valence-corrected chi connectivity index (χ3v) is 2.04. The van der Waals surface area contributed by atoms with Crippen molar-refractivity contribution in [3.8, 4) is 11.5 Å². The lowest BCUT2D eigenvalue weighted by atomic mass is 10.2. The monoisotopic (exact) mass is 215 g/mol. The van der Waals surface area contributed by atoms with Gasteiger partial charge in [-0.3, -0.25) is 4.98 Å². The Kier molecular flexibility index (Phi) is 2.59. The van der Waals surface area contributed by atoms with E-state index in [1.54, 1.807) is 12.3 Å². The summed E-state index contributed by atoms with van der Waals surface area (Å²) in [6, 6.07) is 3.70. The number of aromatic carboxylic acids is 1. The van der Waals surface area contributed by atoms with E-state index in [1.807, 2.05) is 13.0 Å². The maximum Gasteiger partial charge on any atom is 0.338 e. The summed E-state index contributed by atoms with van der Waals surface area (Å²) in [4.78, 5) is 22.6. The first-order valence-corrected chi connectivity index (χ1v) is 4.65. The molecular weight excluding hydrogens is 206 g/mol. The van der Waals surface area contributed by atoms with Crippen LogP contribution in [0, 0.1) is 6.92 Å². The van der Waals surface area contributed by atoms with E-state index >= 15 is 0 Å². The van der Waals surface area contributed by atoms with Gasteiger partial charge in [0, 0.05) is 18.6 Å². The Morgan fingerprint density at radius 2 is 1.81 bits per heavy atom. The molecule has 0 saturated heterocycles. The lowest BCUT2D eigenvalue weighted by Crippen LogP contribution is -2.00. The highest BCUT2D eigenvalue weighted by atomic mass is 16.4. The zero-order valence-electron chi connectivity index (χ0n) is 8.58. The van der Waals surface area contributed by atoms with E-state index in [4.69, 9.17) is 5.11 Å². The number of aromatic nitrogens is 3. The predicted molar refractivity (Wildman–Crippen MR) is 57.0 cm³/mol. The number of hydrogen-bond acceptors (Lipinski definition) is 4. The van der Waals surface area contributed by atoms with Gasteiger partial charge < -0.3 is 5.11 Å². The van der Waals surface area contributed by atoms with E-state index in [-0.39, 0.29) is 5.56 Å². The Hall–Kier alpha value is -2.30. The van der Waals surface area contributed by atoms with Gasteiger partial charge in [-0.15, -0.1) is 0 Å². The smallest absolute Gasteiger partial charge is 0.338 e. The summed E-state index contributed by atoms with van der Waals surface area (Å²) >= 11 is 0. The van der Waals surface area contributed by atoms with Crippen molar-refractivity contribution in [2.24, 2.45) is 0 Å². The highest BCUT2D eigenvalue weighted by molar-refractivity contribution is 5.86. The fraction of sp³-hybridized carbons (Fsp3) is 0.0909. The van der Waals surface area contributed by atoms with E-state index in [0.717, 1.165) is 5.56 Å². The highest BCUT2D eigenvalue weighted by Gasteiger charge is 2.06. The van der Waals surface area contributed by atoms with Crippen LogP contribution in [0.2, 0.25) is 0 Å². The first-order chi connectivity index (χ1) is 7.66. The molecule has 2 heterocycles. The molecule has 0 aliphatic rings. The molecule has 0 radical (unpaired) electrons. The molecule has 80 valence electrons. The van der Waals surface area contributed by atoms with Gasteiger partial charge in [0.05, 0.1) is 5.56 Å². The third-order valence-electron chi connectivity index (χ3n) is 2.04. The van der Waals surface area contributed by atoms with Crippen molar-refractivity contribution in [3.63, 3.8) is 0 Å². The fourth-order valence-corrected chi connectivity index (χ4v) is 1.17. The molecule has 0 fully saturated rings. The summed E-state index contributed by atoms with van der Waals surface area (Å²) in [5, 5.41) is 8.69. The molecule has 5 heteroatoms. The Morgan fingerprint density at radius 3 is 2.31 bits per heavy atom. The summed E-state index contributed by atoms with van der Waals surface area (Å²) in [6.07, 6.45) is 4.25. The van der Waals surface area contributed by atoms with Crippen LogP contribution in [0.5, 0.6) is 0 Å². The van der Waals surface area contributed by atoms with Gasteiger partial charge in [0.2, 0.25) is 0 Å². The van der Waals surface area contributed by atoms with Gasteiger partial charge in [0.15, 0.2) is 5.82 Å². The normalized spacial score (nSPS) is 10.1. The van der Waals surface area contributed by atoms with E-state index in [0.29, 0.717) is 11.5 Å². The van der Waals surface area contributed by atoms with Crippen LogP contribution in [0.4, 0.5) is 0 Å². The average Bonchev–Trinajstić information content (AvgIpc) is 2.30. The second kappa shape index (κ2) is 4.06. The zero-order chi connectivity index (χ0) is 11.5. The van der Waals surface area contributed by atoms with Crippen LogP contribution in [0.1, 0.15) is 15.9 Å². The lowest BCUT2D eigenvalue weighted by molar-refractivity contribution is 0.0696. The molecule has 1 N–H and O–H groups in total. The van der Waals surface area contributed by atoms with Crippen molar-refractivity contribution in [3.05, 3.63) is 41.9 Å². The summed E-state index contributed by atoms with van der Waals surface area (Å²) in [5.41, 5.74) is 1.74. The summed E-state index contributed by atoms with van der Waals surface area (Å²) in [5.74, 6) is -0.617. The average molecular weight is 215 g/mol. The van der Waals surface area contributed by atoms with Gasteiger partial charge in [-0.2, -0.15) is 0 Å². The molecule has 16 heavy (non-hydrogen) atoms. The van der Waals surface area contributed by atoms with E-state index < -0.39 is 5.97 Å². The number of carboxylic acids is 1. The van der Waals surface area contributed by atoms with Crippen molar-refractivity contribution in [2.45, 2.75) is 6.92 Å². The number of rotatable bonds is 2. The van der Waals surface area contributed by atoms with E-state index in [2.05, 4.69) is 15.0 Å². The number of carbonyl (C=O) groups is 1. The SMILES string of the molecule is Cc1ccc(-c2ncc(C(=O)O)cn2)nc1. The molecule has 2 aromatic heterocycles. The van der Waals surface area contributed by atoms with Gasteiger partial charge in [0.1, 0.15) is 5.69 Å². The minimum Gasteiger partial charge on any atom is -0.478 e. The minimum absolute atomic E-state index is 0.0656. The van der Waals surface area contributed by atoms with Crippen LogP contribution < -0.4 is 0 Å². The highest BCUT2D eigenvalue weighted by Crippen LogP contribution is 2.11. The quantitative estimate of drug-likeness (QED) is 0.822. The van der Waals surface area contributed by atoms with Gasteiger partial charge in [-0.25, -0.2) is 14.8 Å². The van der Waals surface area contributed by atoms with Crippen LogP contribution in [-0.4, -0.2) is 26.0 Å². The molecule has 0 atom stereocenters. The van der Waals surface area contributed by atoms with Crippen LogP contribution in [-0.2, 0) is 0 Å². The van der Waals surface area contributed by atoms with E-state index in [9.17, 15) is 4.79 Å². The van der Waals surface area contributed by atoms with Crippen LogP contribution in [0.15, 0.2) is 30.7 Å². The minimum atomic E-state index is -1.04. The number of aryl methyl sites for hydroxylation is 1. The summed E-state index contributed by atoms with van der Waals surface area (Å²) < 4.78 is 0. The summed E-state index contributed by atoms with van der Waals surface area (Å²) in [6.45, 7) is 1.94. The molecular formula is C11H9N3O2. The number of nitrogens with zero attached hydrogens (tertiary/aromatic N) is 3. The number of carboxylic acid groups (broad SMARTS) is 1. The van der Waals surface area contributed by atoms with Crippen LogP contribution >= 0.6 is 0 Å². The van der Waals surface area contributed by atoms with Crippen LogP contribution in [0.3, 0.4) is 0 Å².